The zero-order chi connectivity index (χ0) is 14.2. The highest BCUT2D eigenvalue weighted by atomic mass is 16.4. The minimum absolute atomic E-state index is 0.0430. The fourth-order valence-electron chi connectivity index (χ4n) is 2.54. The van der Waals surface area contributed by atoms with Crippen LogP contribution in [-0.4, -0.2) is 32.3 Å². The number of hydrogen-bond donors (Lipinski definition) is 2. The molecular formula is C14H18N2O3. The molecule has 19 heavy (non-hydrogen) atoms. The molecule has 0 radical (unpaired) electrons. The van der Waals surface area contributed by atoms with E-state index in [2.05, 4.69) is 4.98 Å². The van der Waals surface area contributed by atoms with Crippen LogP contribution in [-0.2, 0) is 5.54 Å². The molecule has 0 saturated carbocycles. The number of para-hydroxylation sites is 1. The number of carbonyl (C=O) groups is 1. The zero-order valence-corrected chi connectivity index (χ0v) is 11.3. The molecular weight excluding hydrogens is 244 g/mol. The second-order valence-electron chi connectivity index (χ2n) is 5.26. The molecule has 0 amide bonds. The topological polar surface area (TPSA) is 75.3 Å². The number of carboxylic acids is 1. The highest BCUT2D eigenvalue weighted by molar-refractivity contribution is 6.01. The lowest BCUT2D eigenvalue weighted by Crippen LogP contribution is -2.29. The summed E-state index contributed by atoms with van der Waals surface area (Å²) in [7, 11) is 0. The van der Waals surface area contributed by atoms with Crippen molar-refractivity contribution in [2.45, 2.75) is 32.7 Å². The van der Waals surface area contributed by atoms with Crippen LogP contribution in [0.5, 0.6) is 0 Å². The van der Waals surface area contributed by atoms with Crippen LogP contribution < -0.4 is 0 Å². The summed E-state index contributed by atoms with van der Waals surface area (Å²) in [5, 5.41) is 18.5. The first-order valence-corrected chi connectivity index (χ1v) is 6.21. The van der Waals surface area contributed by atoms with Gasteiger partial charge in [-0.05, 0) is 39.3 Å². The SMILES string of the molecule is Cc1nc2cccc(C(=O)O)c2n1C(C)(C)CCO. The summed E-state index contributed by atoms with van der Waals surface area (Å²) in [6.07, 6.45) is 0.535. The summed E-state index contributed by atoms with van der Waals surface area (Å²) in [6, 6.07) is 5.08. The van der Waals surface area contributed by atoms with Crippen LogP contribution in [0.15, 0.2) is 18.2 Å². The number of aromatic carboxylic acids is 1. The molecule has 0 unspecified atom stereocenters. The average Bonchev–Trinajstić information content (AvgIpc) is 2.64. The van der Waals surface area contributed by atoms with E-state index in [0.29, 0.717) is 17.5 Å². The maximum Gasteiger partial charge on any atom is 0.337 e. The summed E-state index contributed by atoms with van der Waals surface area (Å²) >= 11 is 0. The van der Waals surface area contributed by atoms with Gasteiger partial charge in [0, 0.05) is 12.1 Å². The van der Waals surface area contributed by atoms with Crippen molar-refractivity contribution in [3.8, 4) is 0 Å². The van der Waals surface area contributed by atoms with Crippen LogP contribution in [0.2, 0.25) is 0 Å². The van der Waals surface area contributed by atoms with E-state index in [1.54, 1.807) is 18.2 Å². The molecule has 0 aliphatic heterocycles. The van der Waals surface area contributed by atoms with Crippen molar-refractivity contribution in [2.75, 3.05) is 6.61 Å². The van der Waals surface area contributed by atoms with E-state index in [1.807, 2.05) is 25.3 Å². The number of carboxylic acid groups (broad SMARTS) is 1. The van der Waals surface area contributed by atoms with Crippen LogP contribution >= 0.6 is 0 Å². The summed E-state index contributed by atoms with van der Waals surface area (Å²) in [6.45, 7) is 5.83. The number of aliphatic hydroxyl groups excluding tert-OH is 1. The molecule has 5 nitrogen and oxygen atoms in total. The fourth-order valence-corrected chi connectivity index (χ4v) is 2.54. The Morgan fingerprint density at radius 2 is 2.11 bits per heavy atom. The lowest BCUT2D eigenvalue weighted by Gasteiger charge is -2.28. The van der Waals surface area contributed by atoms with Gasteiger partial charge in [-0.15, -0.1) is 0 Å². The molecule has 1 aromatic carbocycles. The smallest absolute Gasteiger partial charge is 0.337 e. The number of aliphatic hydroxyl groups is 1. The molecule has 0 atom stereocenters. The number of aromatic nitrogens is 2. The number of hydrogen-bond acceptors (Lipinski definition) is 3. The predicted octanol–water partition coefficient (Wildman–Crippen LogP) is 2.16. The van der Waals surface area contributed by atoms with Crippen molar-refractivity contribution < 1.29 is 15.0 Å². The van der Waals surface area contributed by atoms with Crippen LogP contribution in [0.3, 0.4) is 0 Å². The Hall–Kier alpha value is -1.88. The molecule has 0 aliphatic carbocycles. The summed E-state index contributed by atoms with van der Waals surface area (Å²) in [4.78, 5) is 15.8. The van der Waals surface area contributed by atoms with E-state index in [4.69, 9.17) is 0 Å². The van der Waals surface area contributed by atoms with Crippen molar-refractivity contribution in [1.29, 1.82) is 0 Å². The van der Waals surface area contributed by atoms with E-state index < -0.39 is 5.97 Å². The Bertz CT molecular complexity index is 629. The first-order chi connectivity index (χ1) is 8.88. The second kappa shape index (κ2) is 4.66. The molecule has 1 heterocycles. The van der Waals surface area contributed by atoms with Crippen LogP contribution in [0.25, 0.3) is 11.0 Å². The number of benzene rings is 1. The van der Waals surface area contributed by atoms with Gasteiger partial charge in [0.2, 0.25) is 0 Å². The standard InChI is InChI=1S/C14H18N2O3/c1-9-15-11-6-4-5-10(13(18)19)12(11)16(9)14(2,3)7-8-17/h4-6,17H,7-8H2,1-3H3,(H,18,19). The Morgan fingerprint density at radius 3 is 2.68 bits per heavy atom. The van der Waals surface area contributed by atoms with Crippen molar-refractivity contribution in [3.63, 3.8) is 0 Å². The Labute approximate surface area is 111 Å². The van der Waals surface area contributed by atoms with Crippen LogP contribution in [0.1, 0.15) is 36.5 Å². The molecule has 0 bridgehead atoms. The van der Waals surface area contributed by atoms with Crippen molar-refractivity contribution in [3.05, 3.63) is 29.6 Å². The maximum atomic E-state index is 11.4. The first kappa shape index (κ1) is 13.5. The van der Waals surface area contributed by atoms with E-state index in [9.17, 15) is 15.0 Å². The quantitative estimate of drug-likeness (QED) is 0.885. The van der Waals surface area contributed by atoms with E-state index in [-0.39, 0.29) is 17.7 Å². The molecule has 0 fully saturated rings. The molecule has 5 heteroatoms. The third-order valence-electron chi connectivity index (χ3n) is 3.40. The van der Waals surface area contributed by atoms with Crippen molar-refractivity contribution >= 4 is 17.0 Å². The van der Waals surface area contributed by atoms with Crippen LogP contribution in [0, 0.1) is 6.92 Å². The monoisotopic (exact) mass is 262 g/mol. The van der Waals surface area contributed by atoms with E-state index in [0.717, 1.165) is 5.82 Å². The molecule has 2 aromatic rings. The fraction of sp³-hybridized carbons (Fsp3) is 0.429. The zero-order valence-electron chi connectivity index (χ0n) is 11.3. The van der Waals surface area contributed by atoms with Gasteiger partial charge in [-0.25, -0.2) is 9.78 Å². The number of nitrogens with zero attached hydrogens (tertiary/aromatic N) is 2. The van der Waals surface area contributed by atoms with Crippen LogP contribution in [0.4, 0.5) is 0 Å². The number of rotatable bonds is 4. The van der Waals surface area contributed by atoms with Gasteiger partial charge in [0.25, 0.3) is 0 Å². The Morgan fingerprint density at radius 1 is 1.42 bits per heavy atom. The van der Waals surface area contributed by atoms with E-state index in [1.165, 1.54) is 0 Å². The van der Waals surface area contributed by atoms with Gasteiger partial charge in [-0.2, -0.15) is 0 Å². The third kappa shape index (κ3) is 2.21. The number of aryl methyl sites for hydroxylation is 1. The highest BCUT2D eigenvalue weighted by Crippen LogP contribution is 2.29. The minimum atomic E-state index is -0.966. The van der Waals surface area contributed by atoms with E-state index >= 15 is 0 Å². The van der Waals surface area contributed by atoms with Gasteiger partial charge < -0.3 is 14.8 Å². The average molecular weight is 262 g/mol. The number of imidazole rings is 1. The van der Waals surface area contributed by atoms with Gasteiger partial charge >= 0.3 is 5.97 Å². The minimum Gasteiger partial charge on any atom is -0.478 e. The summed E-state index contributed by atoms with van der Waals surface area (Å²) < 4.78 is 1.90. The van der Waals surface area contributed by atoms with Gasteiger partial charge in [0.15, 0.2) is 0 Å². The first-order valence-electron chi connectivity index (χ1n) is 6.21. The summed E-state index contributed by atoms with van der Waals surface area (Å²) in [5.41, 5.74) is 1.14. The van der Waals surface area contributed by atoms with Gasteiger partial charge in [0.1, 0.15) is 5.82 Å². The highest BCUT2D eigenvalue weighted by Gasteiger charge is 2.26. The lowest BCUT2D eigenvalue weighted by molar-refractivity contribution is 0.0698. The van der Waals surface area contributed by atoms with Gasteiger partial charge in [-0.3, -0.25) is 0 Å². The Balaban J connectivity index is 2.80. The maximum absolute atomic E-state index is 11.4. The van der Waals surface area contributed by atoms with Crippen molar-refractivity contribution in [1.82, 2.24) is 9.55 Å². The molecule has 0 spiro atoms. The number of fused-ring (bicyclic) bond motifs is 1. The molecule has 102 valence electrons. The summed E-state index contributed by atoms with van der Waals surface area (Å²) in [5.74, 6) is -0.214. The molecule has 2 N–H and O–H groups in total. The Kier molecular flexibility index (Phi) is 3.32. The van der Waals surface area contributed by atoms with Crippen molar-refractivity contribution in [2.24, 2.45) is 0 Å². The third-order valence-corrected chi connectivity index (χ3v) is 3.40. The molecule has 1 aromatic heterocycles. The predicted molar refractivity (Wildman–Crippen MR) is 72.5 cm³/mol. The largest absolute Gasteiger partial charge is 0.478 e. The molecule has 2 rings (SSSR count). The second-order valence-corrected chi connectivity index (χ2v) is 5.26. The lowest BCUT2D eigenvalue weighted by atomic mass is 9.99. The normalized spacial score (nSPS) is 12.0. The van der Waals surface area contributed by atoms with Gasteiger partial charge in [0.05, 0.1) is 16.6 Å². The van der Waals surface area contributed by atoms with Gasteiger partial charge in [-0.1, -0.05) is 6.07 Å². The molecule has 0 aliphatic rings. The molecule has 0 saturated heterocycles.